The Morgan fingerprint density at radius 3 is 2.79 bits per heavy atom. The van der Waals surface area contributed by atoms with Crippen molar-refractivity contribution >= 4 is 5.97 Å². The molecule has 2 aliphatic rings. The van der Waals surface area contributed by atoms with Gasteiger partial charge in [-0.05, 0) is 25.7 Å². The maximum Gasteiger partial charge on any atom is 0.321 e. The van der Waals surface area contributed by atoms with Crippen LogP contribution in [0.1, 0.15) is 19.8 Å². The van der Waals surface area contributed by atoms with Crippen molar-refractivity contribution in [2.45, 2.75) is 31.9 Å². The molecule has 0 aromatic carbocycles. The number of morpholine rings is 1. The lowest BCUT2D eigenvalue weighted by molar-refractivity contribution is -0.147. The van der Waals surface area contributed by atoms with Gasteiger partial charge in [-0.15, -0.1) is 0 Å². The molecule has 1 saturated carbocycles. The summed E-state index contributed by atoms with van der Waals surface area (Å²) in [5.41, 5.74) is 0. The Kier molecular flexibility index (Phi) is 2.74. The average Bonchev–Trinajstić information content (AvgIpc) is 2.88. The molecule has 0 spiro atoms. The fourth-order valence-electron chi connectivity index (χ4n) is 2.17. The molecular formula is C10H17NO3. The summed E-state index contributed by atoms with van der Waals surface area (Å²) in [6, 6.07) is -0.263. The molecule has 4 heteroatoms. The van der Waals surface area contributed by atoms with Gasteiger partial charge in [-0.1, -0.05) is 0 Å². The SMILES string of the molecule is CC1CN(C(C(=O)O)C2CC2)CCO1. The van der Waals surface area contributed by atoms with E-state index in [0.29, 0.717) is 12.5 Å². The van der Waals surface area contributed by atoms with Crippen molar-refractivity contribution < 1.29 is 14.6 Å². The molecular weight excluding hydrogens is 182 g/mol. The van der Waals surface area contributed by atoms with Crippen LogP contribution in [0.2, 0.25) is 0 Å². The predicted molar refractivity (Wildman–Crippen MR) is 51.1 cm³/mol. The van der Waals surface area contributed by atoms with E-state index in [2.05, 4.69) is 4.90 Å². The Balaban J connectivity index is 1.98. The van der Waals surface area contributed by atoms with Crippen molar-refractivity contribution in [3.05, 3.63) is 0 Å². The Labute approximate surface area is 83.8 Å². The summed E-state index contributed by atoms with van der Waals surface area (Å²) in [7, 11) is 0. The summed E-state index contributed by atoms with van der Waals surface area (Å²) in [5, 5.41) is 9.14. The lowest BCUT2D eigenvalue weighted by Crippen LogP contribution is -2.50. The first-order chi connectivity index (χ1) is 6.68. The molecule has 1 heterocycles. The van der Waals surface area contributed by atoms with E-state index in [1.807, 2.05) is 6.92 Å². The van der Waals surface area contributed by atoms with Crippen molar-refractivity contribution in [1.29, 1.82) is 0 Å². The third kappa shape index (κ3) is 2.07. The summed E-state index contributed by atoms with van der Waals surface area (Å²) in [5.74, 6) is -0.278. The van der Waals surface area contributed by atoms with Crippen molar-refractivity contribution in [2.75, 3.05) is 19.7 Å². The van der Waals surface area contributed by atoms with Gasteiger partial charge in [0.1, 0.15) is 6.04 Å². The Bertz CT molecular complexity index is 227. The van der Waals surface area contributed by atoms with Crippen LogP contribution in [-0.2, 0) is 9.53 Å². The van der Waals surface area contributed by atoms with E-state index in [0.717, 1.165) is 25.9 Å². The maximum atomic E-state index is 11.1. The van der Waals surface area contributed by atoms with Gasteiger partial charge in [0.2, 0.25) is 0 Å². The molecule has 1 N–H and O–H groups in total. The summed E-state index contributed by atoms with van der Waals surface area (Å²) in [4.78, 5) is 13.2. The van der Waals surface area contributed by atoms with Crippen molar-refractivity contribution in [3.8, 4) is 0 Å². The van der Waals surface area contributed by atoms with Gasteiger partial charge in [0, 0.05) is 13.1 Å². The topological polar surface area (TPSA) is 49.8 Å². The molecule has 1 aliphatic carbocycles. The molecule has 0 aromatic rings. The van der Waals surface area contributed by atoms with Crippen molar-refractivity contribution in [3.63, 3.8) is 0 Å². The molecule has 2 unspecified atom stereocenters. The molecule has 2 fully saturated rings. The third-order valence-electron chi connectivity index (χ3n) is 2.99. The fraction of sp³-hybridized carbons (Fsp3) is 0.900. The van der Waals surface area contributed by atoms with Crippen LogP contribution in [0.5, 0.6) is 0 Å². The molecule has 2 rings (SSSR count). The fourth-order valence-corrected chi connectivity index (χ4v) is 2.17. The van der Waals surface area contributed by atoms with Crippen LogP contribution in [0.25, 0.3) is 0 Å². The van der Waals surface area contributed by atoms with E-state index in [9.17, 15) is 4.79 Å². The minimum Gasteiger partial charge on any atom is -0.480 e. The summed E-state index contributed by atoms with van der Waals surface area (Å²) in [6.07, 6.45) is 2.31. The number of carboxylic acids is 1. The van der Waals surface area contributed by atoms with E-state index in [1.165, 1.54) is 0 Å². The highest BCUT2D eigenvalue weighted by Crippen LogP contribution is 2.36. The van der Waals surface area contributed by atoms with Crippen molar-refractivity contribution in [2.24, 2.45) is 5.92 Å². The molecule has 4 nitrogen and oxygen atoms in total. The minimum atomic E-state index is -0.665. The van der Waals surface area contributed by atoms with Crippen LogP contribution in [0.3, 0.4) is 0 Å². The van der Waals surface area contributed by atoms with Gasteiger partial charge in [0.05, 0.1) is 12.7 Å². The number of aliphatic carboxylic acids is 1. The molecule has 0 amide bonds. The first-order valence-corrected chi connectivity index (χ1v) is 5.27. The van der Waals surface area contributed by atoms with E-state index in [-0.39, 0.29) is 12.1 Å². The van der Waals surface area contributed by atoms with Crippen LogP contribution in [0.4, 0.5) is 0 Å². The molecule has 2 atom stereocenters. The Morgan fingerprint density at radius 2 is 2.29 bits per heavy atom. The first-order valence-electron chi connectivity index (χ1n) is 5.27. The number of nitrogens with zero attached hydrogens (tertiary/aromatic N) is 1. The molecule has 1 aliphatic heterocycles. The zero-order valence-corrected chi connectivity index (χ0v) is 8.48. The second kappa shape index (κ2) is 3.87. The monoisotopic (exact) mass is 199 g/mol. The largest absolute Gasteiger partial charge is 0.480 e. The summed E-state index contributed by atoms with van der Waals surface area (Å²) < 4.78 is 5.40. The summed E-state index contributed by atoms with van der Waals surface area (Å²) >= 11 is 0. The highest BCUT2D eigenvalue weighted by atomic mass is 16.5. The van der Waals surface area contributed by atoms with Crippen LogP contribution >= 0.6 is 0 Å². The quantitative estimate of drug-likeness (QED) is 0.722. The van der Waals surface area contributed by atoms with E-state index < -0.39 is 5.97 Å². The number of ether oxygens (including phenoxy) is 1. The molecule has 1 saturated heterocycles. The van der Waals surface area contributed by atoms with Gasteiger partial charge in [-0.2, -0.15) is 0 Å². The zero-order chi connectivity index (χ0) is 10.1. The smallest absolute Gasteiger partial charge is 0.321 e. The maximum absolute atomic E-state index is 11.1. The predicted octanol–water partition coefficient (Wildman–Crippen LogP) is 0.570. The first kappa shape index (κ1) is 9.93. The molecule has 80 valence electrons. The number of rotatable bonds is 3. The Morgan fingerprint density at radius 1 is 1.57 bits per heavy atom. The normalized spacial score (nSPS) is 31.4. The molecule has 0 bridgehead atoms. The second-order valence-corrected chi connectivity index (χ2v) is 4.30. The van der Waals surface area contributed by atoms with Crippen LogP contribution in [-0.4, -0.2) is 47.8 Å². The van der Waals surface area contributed by atoms with Gasteiger partial charge in [-0.25, -0.2) is 0 Å². The molecule has 14 heavy (non-hydrogen) atoms. The molecule has 0 aromatic heterocycles. The van der Waals surface area contributed by atoms with Crippen molar-refractivity contribution in [1.82, 2.24) is 4.90 Å². The van der Waals surface area contributed by atoms with E-state index >= 15 is 0 Å². The van der Waals surface area contributed by atoms with Gasteiger partial charge in [0.15, 0.2) is 0 Å². The number of carboxylic acid groups (broad SMARTS) is 1. The summed E-state index contributed by atoms with van der Waals surface area (Å²) in [6.45, 7) is 4.18. The second-order valence-electron chi connectivity index (χ2n) is 4.30. The van der Waals surface area contributed by atoms with Crippen LogP contribution in [0, 0.1) is 5.92 Å². The number of carbonyl (C=O) groups is 1. The van der Waals surface area contributed by atoms with Gasteiger partial charge in [0.25, 0.3) is 0 Å². The van der Waals surface area contributed by atoms with Gasteiger partial charge < -0.3 is 9.84 Å². The highest BCUT2D eigenvalue weighted by Gasteiger charge is 2.41. The van der Waals surface area contributed by atoms with E-state index in [4.69, 9.17) is 9.84 Å². The standard InChI is InChI=1S/C10H17NO3/c1-7-6-11(4-5-14-7)9(10(12)13)8-2-3-8/h7-9H,2-6H2,1H3,(H,12,13). The van der Waals surface area contributed by atoms with Crippen LogP contribution < -0.4 is 0 Å². The Hall–Kier alpha value is -0.610. The lowest BCUT2D eigenvalue weighted by Gasteiger charge is -2.35. The zero-order valence-electron chi connectivity index (χ0n) is 8.48. The lowest BCUT2D eigenvalue weighted by atomic mass is 10.1. The molecule has 0 radical (unpaired) electrons. The highest BCUT2D eigenvalue weighted by molar-refractivity contribution is 5.74. The average molecular weight is 199 g/mol. The third-order valence-corrected chi connectivity index (χ3v) is 2.99. The van der Waals surface area contributed by atoms with Gasteiger partial charge in [-0.3, -0.25) is 9.69 Å². The van der Waals surface area contributed by atoms with Gasteiger partial charge >= 0.3 is 5.97 Å². The van der Waals surface area contributed by atoms with Crippen LogP contribution in [0.15, 0.2) is 0 Å². The number of hydrogen-bond acceptors (Lipinski definition) is 3. The minimum absolute atomic E-state index is 0.171. The number of hydrogen-bond donors (Lipinski definition) is 1. The van der Waals surface area contributed by atoms with E-state index in [1.54, 1.807) is 0 Å².